The Labute approximate surface area is 204 Å². The summed E-state index contributed by atoms with van der Waals surface area (Å²) in [6.45, 7) is 0.964. The highest BCUT2D eigenvalue weighted by Gasteiger charge is 2.24. The van der Waals surface area contributed by atoms with Crippen LogP contribution in [0.1, 0.15) is 21.5 Å². The highest BCUT2D eigenvalue weighted by molar-refractivity contribution is 6.40. The maximum Gasteiger partial charge on any atom is 0.313 e. The van der Waals surface area contributed by atoms with E-state index in [-0.39, 0.29) is 44.5 Å². The standard InChI is InChI=1S/C24H19Cl2N3O5/c25-18-9-15(28-23(32)22(27)31)10-19(26)21(18)34-16-5-6-20(30)17(11-16)24(33)29-8-7-13-3-1-2-4-14(13)12-29/h1-6,9-11,30H,7-8,12H2,(H2,27,31)(H,28,32). The van der Waals surface area contributed by atoms with Gasteiger partial charge in [-0.05, 0) is 47.9 Å². The van der Waals surface area contributed by atoms with Gasteiger partial charge in [-0.25, -0.2) is 0 Å². The molecule has 0 unspecified atom stereocenters. The first-order valence-electron chi connectivity index (χ1n) is 10.2. The number of hydrogen-bond donors (Lipinski definition) is 3. The summed E-state index contributed by atoms with van der Waals surface area (Å²) < 4.78 is 5.79. The van der Waals surface area contributed by atoms with Crippen molar-refractivity contribution in [2.24, 2.45) is 5.73 Å². The van der Waals surface area contributed by atoms with E-state index in [2.05, 4.69) is 5.32 Å². The first-order valence-corrected chi connectivity index (χ1v) is 11.0. The number of nitrogens with one attached hydrogen (secondary N) is 1. The number of nitrogens with zero attached hydrogens (tertiary/aromatic N) is 1. The summed E-state index contributed by atoms with van der Waals surface area (Å²) in [5.74, 6) is -2.42. The number of anilines is 1. The van der Waals surface area contributed by atoms with Crippen LogP contribution < -0.4 is 15.8 Å². The van der Waals surface area contributed by atoms with Crippen LogP contribution in [0, 0.1) is 0 Å². The van der Waals surface area contributed by atoms with Gasteiger partial charge in [-0.2, -0.15) is 0 Å². The minimum atomic E-state index is -1.16. The number of fused-ring (bicyclic) bond motifs is 1. The SMILES string of the molecule is NC(=O)C(=O)Nc1cc(Cl)c(Oc2ccc(O)c(C(=O)N3CCc4ccccc4C3)c2)c(Cl)c1. The van der Waals surface area contributed by atoms with E-state index in [9.17, 15) is 19.5 Å². The third-order valence-electron chi connectivity index (χ3n) is 5.32. The van der Waals surface area contributed by atoms with Crippen LogP contribution in [-0.2, 0) is 22.6 Å². The number of carbonyl (C=O) groups is 3. The Bertz CT molecular complexity index is 1290. The van der Waals surface area contributed by atoms with Gasteiger partial charge in [0.15, 0.2) is 5.75 Å². The van der Waals surface area contributed by atoms with Crippen LogP contribution in [0.5, 0.6) is 17.2 Å². The summed E-state index contributed by atoms with van der Waals surface area (Å²) >= 11 is 12.5. The molecular weight excluding hydrogens is 481 g/mol. The van der Waals surface area contributed by atoms with Crippen molar-refractivity contribution in [1.82, 2.24) is 4.90 Å². The molecule has 174 valence electrons. The Balaban J connectivity index is 1.55. The number of nitrogens with two attached hydrogens (primary N) is 1. The molecule has 4 rings (SSSR count). The molecule has 10 heteroatoms. The van der Waals surface area contributed by atoms with E-state index < -0.39 is 11.8 Å². The summed E-state index contributed by atoms with van der Waals surface area (Å²) in [4.78, 5) is 37.2. The Morgan fingerprint density at radius 1 is 1.00 bits per heavy atom. The molecule has 0 radical (unpaired) electrons. The predicted molar refractivity (Wildman–Crippen MR) is 127 cm³/mol. The molecule has 8 nitrogen and oxygen atoms in total. The van der Waals surface area contributed by atoms with Crippen molar-refractivity contribution in [2.45, 2.75) is 13.0 Å². The summed E-state index contributed by atoms with van der Waals surface area (Å²) in [5.41, 5.74) is 7.42. The van der Waals surface area contributed by atoms with E-state index in [0.717, 1.165) is 12.0 Å². The number of halogens is 2. The van der Waals surface area contributed by atoms with Gasteiger partial charge < -0.3 is 25.8 Å². The second kappa shape index (κ2) is 9.62. The molecule has 0 bridgehead atoms. The van der Waals surface area contributed by atoms with Crippen LogP contribution in [0.3, 0.4) is 0 Å². The monoisotopic (exact) mass is 499 g/mol. The van der Waals surface area contributed by atoms with Crippen molar-refractivity contribution in [3.63, 3.8) is 0 Å². The molecule has 1 heterocycles. The fraction of sp³-hybridized carbons (Fsp3) is 0.125. The van der Waals surface area contributed by atoms with Gasteiger partial charge in [-0.3, -0.25) is 14.4 Å². The van der Waals surface area contributed by atoms with Crippen LogP contribution in [0.25, 0.3) is 0 Å². The van der Waals surface area contributed by atoms with Gasteiger partial charge in [0.2, 0.25) is 0 Å². The Morgan fingerprint density at radius 2 is 1.68 bits per heavy atom. The molecule has 34 heavy (non-hydrogen) atoms. The number of amides is 3. The number of phenolic OH excluding ortho intramolecular Hbond substituents is 1. The van der Waals surface area contributed by atoms with E-state index >= 15 is 0 Å². The Kier molecular flexibility index (Phi) is 6.63. The highest BCUT2D eigenvalue weighted by atomic mass is 35.5. The van der Waals surface area contributed by atoms with Gasteiger partial charge in [0.25, 0.3) is 5.91 Å². The molecule has 4 N–H and O–H groups in total. The zero-order valence-electron chi connectivity index (χ0n) is 17.7. The van der Waals surface area contributed by atoms with Crippen molar-refractivity contribution in [2.75, 3.05) is 11.9 Å². The quantitative estimate of drug-likeness (QED) is 0.466. The molecule has 0 atom stereocenters. The second-order valence-electron chi connectivity index (χ2n) is 7.61. The summed E-state index contributed by atoms with van der Waals surface area (Å²) in [5, 5.41) is 12.7. The Hall–Kier alpha value is -3.75. The molecule has 0 fully saturated rings. The van der Waals surface area contributed by atoms with Crippen LogP contribution >= 0.6 is 23.2 Å². The third kappa shape index (κ3) is 4.93. The molecule has 1 aliphatic heterocycles. The van der Waals surface area contributed by atoms with Gasteiger partial charge in [-0.15, -0.1) is 0 Å². The minimum absolute atomic E-state index is 0.0425. The fourth-order valence-electron chi connectivity index (χ4n) is 3.63. The lowest BCUT2D eigenvalue weighted by molar-refractivity contribution is -0.134. The van der Waals surface area contributed by atoms with Crippen molar-refractivity contribution in [1.29, 1.82) is 0 Å². The van der Waals surface area contributed by atoms with Gasteiger partial charge in [-0.1, -0.05) is 47.5 Å². The number of hydrogen-bond acceptors (Lipinski definition) is 5. The van der Waals surface area contributed by atoms with E-state index in [1.54, 1.807) is 4.90 Å². The molecule has 1 aliphatic rings. The lowest BCUT2D eigenvalue weighted by Crippen LogP contribution is -2.35. The maximum absolute atomic E-state index is 13.2. The molecule has 0 aromatic heterocycles. The van der Waals surface area contributed by atoms with Crippen molar-refractivity contribution in [3.05, 3.63) is 81.3 Å². The highest BCUT2D eigenvalue weighted by Crippen LogP contribution is 2.40. The number of primary amides is 1. The van der Waals surface area contributed by atoms with Crippen molar-refractivity contribution in [3.8, 4) is 17.2 Å². The molecule has 0 aliphatic carbocycles. The largest absolute Gasteiger partial charge is 0.507 e. The summed E-state index contributed by atoms with van der Waals surface area (Å²) in [6.07, 6.45) is 0.725. The lowest BCUT2D eigenvalue weighted by Gasteiger charge is -2.29. The molecule has 3 amide bonds. The molecule has 3 aromatic rings. The molecule has 0 saturated heterocycles. The zero-order valence-corrected chi connectivity index (χ0v) is 19.2. The smallest absolute Gasteiger partial charge is 0.313 e. The molecule has 0 saturated carbocycles. The molecular formula is C24H19Cl2N3O5. The van der Waals surface area contributed by atoms with Crippen molar-refractivity contribution < 1.29 is 24.2 Å². The van der Waals surface area contributed by atoms with E-state index in [1.165, 1.54) is 35.9 Å². The van der Waals surface area contributed by atoms with Crippen LogP contribution in [0.15, 0.2) is 54.6 Å². The maximum atomic E-state index is 13.2. The minimum Gasteiger partial charge on any atom is -0.507 e. The van der Waals surface area contributed by atoms with Crippen LogP contribution in [0.2, 0.25) is 10.0 Å². The molecule has 3 aromatic carbocycles. The predicted octanol–water partition coefficient (Wildman–Crippen LogP) is 4.11. The summed E-state index contributed by atoms with van der Waals surface area (Å²) in [7, 11) is 0. The number of benzene rings is 3. The van der Waals surface area contributed by atoms with E-state index in [4.69, 9.17) is 33.7 Å². The number of aromatic hydroxyl groups is 1. The van der Waals surface area contributed by atoms with Gasteiger partial charge in [0, 0.05) is 18.8 Å². The average molecular weight is 500 g/mol. The van der Waals surface area contributed by atoms with Gasteiger partial charge in [0.05, 0.1) is 15.6 Å². The van der Waals surface area contributed by atoms with Crippen molar-refractivity contribution >= 4 is 46.6 Å². The third-order valence-corrected chi connectivity index (χ3v) is 5.88. The Morgan fingerprint density at radius 3 is 2.35 bits per heavy atom. The van der Waals surface area contributed by atoms with Crippen LogP contribution in [-0.4, -0.2) is 34.3 Å². The van der Waals surface area contributed by atoms with E-state index in [1.807, 2.05) is 24.3 Å². The number of carbonyl (C=O) groups excluding carboxylic acids is 3. The van der Waals surface area contributed by atoms with Gasteiger partial charge >= 0.3 is 11.8 Å². The fourth-order valence-corrected chi connectivity index (χ4v) is 4.19. The average Bonchev–Trinajstić information content (AvgIpc) is 2.81. The number of rotatable bonds is 4. The summed E-state index contributed by atoms with van der Waals surface area (Å²) in [6, 6.07) is 14.8. The van der Waals surface area contributed by atoms with Gasteiger partial charge in [0.1, 0.15) is 11.5 Å². The molecule has 0 spiro atoms. The lowest BCUT2D eigenvalue weighted by atomic mass is 9.99. The zero-order chi connectivity index (χ0) is 24.4. The normalized spacial score (nSPS) is 12.6. The first-order chi connectivity index (χ1) is 16.2. The topological polar surface area (TPSA) is 122 Å². The first kappa shape index (κ1) is 23.4. The number of ether oxygens (including phenoxy) is 1. The second-order valence-corrected chi connectivity index (χ2v) is 8.43. The van der Waals surface area contributed by atoms with Crippen LogP contribution in [0.4, 0.5) is 5.69 Å². The number of phenols is 1. The van der Waals surface area contributed by atoms with E-state index in [0.29, 0.717) is 13.1 Å².